The van der Waals surface area contributed by atoms with Gasteiger partial charge in [-0.1, -0.05) is 19.1 Å². The predicted octanol–water partition coefficient (Wildman–Crippen LogP) is 1.13. The molecule has 112 valence electrons. The summed E-state index contributed by atoms with van der Waals surface area (Å²) in [6.07, 6.45) is 0.675. The Balaban J connectivity index is 1.87. The van der Waals surface area contributed by atoms with Crippen molar-refractivity contribution >= 4 is 15.7 Å². The van der Waals surface area contributed by atoms with E-state index < -0.39 is 10.0 Å². The zero-order chi connectivity index (χ0) is 14.6. The van der Waals surface area contributed by atoms with Crippen LogP contribution in [0.2, 0.25) is 0 Å². The zero-order valence-corrected chi connectivity index (χ0v) is 12.8. The van der Waals surface area contributed by atoms with Gasteiger partial charge in [0, 0.05) is 38.4 Å². The van der Waals surface area contributed by atoms with E-state index in [0.717, 1.165) is 25.3 Å². The lowest BCUT2D eigenvalue weighted by Crippen LogP contribution is -2.48. The monoisotopic (exact) mass is 297 g/mol. The fourth-order valence-electron chi connectivity index (χ4n) is 2.43. The molecule has 0 amide bonds. The normalized spacial score (nSPS) is 18.2. The number of hydrogen-bond acceptors (Lipinski definition) is 4. The van der Waals surface area contributed by atoms with E-state index in [4.69, 9.17) is 5.73 Å². The van der Waals surface area contributed by atoms with Gasteiger partial charge in [-0.3, -0.25) is 4.90 Å². The quantitative estimate of drug-likeness (QED) is 0.827. The maximum Gasteiger partial charge on any atom is 0.214 e. The summed E-state index contributed by atoms with van der Waals surface area (Å²) in [5.74, 6) is 0.255. The molecule has 0 unspecified atom stereocenters. The third kappa shape index (κ3) is 3.94. The summed E-state index contributed by atoms with van der Waals surface area (Å²) < 4.78 is 25.6. The topological polar surface area (TPSA) is 66.6 Å². The second-order valence-electron chi connectivity index (χ2n) is 5.23. The van der Waals surface area contributed by atoms with E-state index >= 15 is 0 Å². The van der Waals surface area contributed by atoms with Crippen LogP contribution in [0.5, 0.6) is 0 Å². The maximum atomic E-state index is 12.0. The molecular weight excluding hydrogens is 274 g/mol. The van der Waals surface area contributed by atoms with Crippen molar-refractivity contribution in [1.29, 1.82) is 0 Å². The summed E-state index contributed by atoms with van der Waals surface area (Å²) in [6, 6.07) is 7.85. The van der Waals surface area contributed by atoms with E-state index in [1.807, 2.05) is 31.2 Å². The Hall–Kier alpha value is -1.11. The van der Waals surface area contributed by atoms with Gasteiger partial charge < -0.3 is 5.73 Å². The molecule has 1 aromatic carbocycles. The fraction of sp³-hybridized carbons (Fsp3) is 0.571. The van der Waals surface area contributed by atoms with Crippen molar-refractivity contribution in [1.82, 2.24) is 9.21 Å². The van der Waals surface area contributed by atoms with E-state index in [1.165, 1.54) is 5.56 Å². The Morgan fingerprint density at radius 2 is 1.70 bits per heavy atom. The molecule has 1 aromatic rings. The Labute approximate surface area is 121 Å². The van der Waals surface area contributed by atoms with Crippen molar-refractivity contribution in [2.45, 2.75) is 19.9 Å². The standard InChI is InChI=1S/C14H23N3O2S/c1-2-11-20(18,19)17-9-7-16(8-10-17)12-13-3-5-14(15)6-4-13/h3-6H,2,7-12,15H2,1H3. The third-order valence-corrected chi connectivity index (χ3v) is 5.65. The van der Waals surface area contributed by atoms with Crippen LogP contribution in [0.1, 0.15) is 18.9 Å². The first kappa shape index (κ1) is 15.3. The van der Waals surface area contributed by atoms with Crippen LogP contribution < -0.4 is 5.73 Å². The number of nitrogens with zero attached hydrogens (tertiary/aromatic N) is 2. The zero-order valence-electron chi connectivity index (χ0n) is 12.0. The van der Waals surface area contributed by atoms with Crippen LogP contribution in [0, 0.1) is 0 Å². The first-order valence-corrected chi connectivity index (χ1v) is 8.67. The van der Waals surface area contributed by atoms with Gasteiger partial charge in [0.1, 0.15) is 0 Å². The summed E-state index contributed by atoms with van der Waals surface area (Å²) in [5, 5.41) is 0. The lowest BCUT2D eigenvalue weighted by Gasteiger charge is -2.34. The van der Waals surface area contributed by atoms with Gasteiger partial charge in [0.05, 0.1) is 5.75 Å². The lowest BCUT2D eigenvalue weighted by molar-refractivity contribution is 0.181. The van der Waals surface area contributed by atoms with Crippen LogP contribution >= 0.6 is 0 Å². The maximum absolute atomic E-state index is 12.0. The number of piperazine rings is 1. The van der Waals surface area contributed by atoms with Gasteiger partial charge in [-0.2, -0.15) is 4.31 Å². The van der Waals surface area contributed by atoms with Crippen molar-refractivity contribution in [3.8, 4) is 0 Å². The van der Waals surface area contributed by atoms with E-state index in [9.17, 15) is 8.42 Å². The lowest BCUT2D eigenvalue weighted by atomic mass is 10.2. The average Bonchev–Trinajstić information content (AvgIpc) is 2.42. The van der Waals surface area contributed by atoms with Crippen LogP contribution in [-0.2, 0) is 16.6 Å². The molecule has 0 bridgehead atoms. The highest BCUT2D eigenvalue weighted by atomic mass is 32.2. The molecule has 0 aliphatic carbocycles. The highest BCUT2D eigenvalue weighted by Gasteiger charge is 2.25. The first-order valence-electron chi connectivity index (χ1n) is 7.06. The predicted molar refractivity (Wildman–Crippen MR) is 81.8 cm³/mol. The van der Waals surface area contributed by atoms with Crippen molar-refractivity contribution in [2.24, 2.45) is 0 Å². The number of nitrogens with two attached hydrogens (primary N) is 1. The van der Waals surface area contributed by atoms with Gasteiger partial charge in [0.25, 0.3) is 0 Å². The number of hydrogen-bond donors (Lipinski definition) is 1. The summed E-state index contributed by atoms with van der Waals surface area (Å²) >= 11 is 0. The second kappa shape index (κ2) is 6.56. The summed E-state index contributed by atoms with van der Waals surface area (Å²) in [6.45, 7) is 5.51. The molecule has 20 heavy (non-hydrogen) atoms. The van der Waals surface area contributed by atoms with Gasteiger partial charge >= 0.3 is 0 Å². The van der Waals surface area contributed by atoms with Crippen LogP contribution in [0.4, 0.5) is 5.69 Å². The number of sulfonamides is 1. The van der Waals surface area contributed by atoms with E-state index in [0.29, 0.717) is 19.5 Å². The molecule has 0 aromatic heterocycles. The molecule has 6 heteroatoms. The minimum Gasteiger partial charge on any atom is -0.399 e. The summed E-state index contributed by atoms with van der Waals surface area (Å²) in [4.78, 5) is 2.28. The van der Waals surface area contributed by atoms with Crippen LogP contribution in [0.25, 0.3) is 0 Å². The van der Waals surface area contributed by atoms with Crippen LogP contribution in [0.3, 0.4) is 0 Å². The SMILES string of the molecule is CCCS(=O)(=O)N1CCN(Cc2ccc(N)cc2)CC1. The van der Waals surface area contributed by atoms with E-state index in [1.54, 1.807) is 4.31 Å². The number of anilines is 1. The van der Waals surface area contributed by atoms with Gasteiger partial charge in [-0.15, -0.1) is 0 Å². The molecule has 0 saturated carbocycles. The Morgan fingerprint density at radius 1 is 1.10 bits per heavy atom. The molecule has 1 heterocycles. The first-order chi connectivity index (χ1) is 9.51. The summed E-state index contributed by atoms with van der Waals surface area (Å²) in [5.41, 5.74) is 7.65. The minimum absolute atomic E-state index is 0.255. The van der Waals surface area contributed by atoms with Crippen molar-refractivity contribution < 1.29 is 8.42 Å². The molecule has 2 N–H and O–H groups in total. The average molecular weight is 297 g/mol. The van der Waals surface area contributed by atoms with Crippen LogP contribution in [0.15, 0.2) is 24.3 Å². The van der Waals surface area contributed by atoms with Gasteiger partial charge in [0.15, 0.2) is 0 Å². The van der Waals surface area contributed by atoms with Gasteiger partial charge in [0.2, 0.25) is 10.0 Å². The molecule has 5 nitrogen and oxygen atoms in total. The molecule has 1 aliphatic heterocycles. The largest absolute Gasteiger partial charge is 0.399 e. The molecule has 0 atom stereocenters. The van der Waals surface area contributed by atoms with Crippen molar-refractivity contribution in [3.05, 3.63) is 29.8 Å². The van der Waals surface area contributed by atoms with Crippen LogP contribution in [-0.4, -0.2) is 49.6 Å². The molecule has 0 spiro atoms. The van der Waals surface area contributed by atoms with Gasteiger partial charge in [-0.25, -0.2) is 8.42 Å². The van der Waals surface area contributed by atoms with Gasteiger partial charge in [-0.05, 0) is 24.1 Å². The number of nitrogen functional groups attached to an aromatic ring is 1. The third-order valence-electron chi connectivity index (χ3n) is 3.57. The Kier molecular flexibility index (Phi) is 5.01. The molecule has 2 rings (SSSR count). The number of rotatable bonds is 5. The highest BCUT2D eigenvalue weighted by Crippen LogP contribution is 2.13. The van der Waals surface area contributed by atoms with Crippen molar-refractivity contribution in [3.63, 3.8) is 0 Å². The Morgan fingerprint density at radius 3 is 2.25 bits per heavy atom. The molecule has 1 saturated heterocycles. The van der Waals surface area contributed by atoms with Crippen molar-refractivity contribution in [2.75, 3.05) is 37.7 Å². The number of benzene rings is 1. The Bertz CT molecular complexity index is 520. The van der Waals surface area contributed by atoms with E-state index in [-0.39, 0.29) is 5.75 Å². The molecule has 0 radical (unpaired) electrons. The molecule has 1 aliphatic rings. The molecule has 1 fully saturated rings. The fourth-order valence-corrected chi connectivity index (χ4v) is 3.93. The minimum atomic E-state index is -3.05. The summed E-state index contributed by atoms with van der Waals surface area (Å²) in [7, 11) is -3.05. The second-order valence-corrected chi connectivity index (χ2v) is 7.32. The highest BCUT2D eigenvalue weighted by molar-refractivity contribution is 7.89. The van der Waals surface area contributed by atoms with E-state index in [2.05, 4.69) is 4.90 Å². The smallest absolute Gasteiger partial charge is 0.214 e. The molecular formula is C14H23N3O2S.